The van der Waals surface area contributed by atoms with Crippen molar-refractivity contribution in [1.82, 2.24) is 9.47 Å². The van der Waals surface area contributed by atoms with Crippen LogP contribution in [-0.2, 0) is 18.2 Å². The van der Waals surface area contributed by atoms with Crippen molar-refractivity contribution >= 4 is 29.1 Å². The molecule has 0 unspecified atom stereocenters. The third-order valence-electron chi connectivity index (χ3n) is 5.17. The predicted octanol–water partition coefficient (Wildman–Crippen LogP) is 5.17. The molecule has 4 heteroatoms. The van der Waals surface area contributed by atoms with E-state index >= 15 is 0 Å². The Hall–Kier alpha value is -3.27. The first-order chi connectivity index (χ1) is 13.6. The number of nitrogens with zero attached hydrogens (tertiary/aromatic N) is 2. The average molecular weight is 372 g/mol. The van der Waals surface area contributed by atoms with Crippen LogP contribution in [-0.4, -0.2) is 28.7 Å². The largest absolute Gasteiger partial charge is 0.447 e. The lowest BCUT2D eigenvalue weighted by atomic mass is 10.1. The van der Waals surface area contributed by atoms with Crippen LogP contribution in [0.2, 0.25) is 0 Å². The highest BCUT2D eigenvalue weighted by molar-refractivity contribution is 5.90. The molecule has 0 radical (unpaired) electrons. The summed E-state index contributed by atoms with van der Waals surface area (Å²) < 4.78 is 7.21. The lowest BCUT2D eigenvalue weighted by Crippen LogP contribution is -2.16. The first-order valence-corrected chi connectivity index (χ1v) is 9.54. The first-order valence-electron chi connectivity index (χ1n) is 9.54. The number of ether oxygens (including phenoxy) is 1. The van der Waals surface area contributed by atoms with E-state index in [4.69, 9.17) is 4.74 Å². The Bertz CT molecular complexity index is 1060. The number of aryl methyl sites for hydroxylation is 2. The van der Waals surface area contributed by atoms with Crippen LogP contribution in [0.25, 0.3) is 23.1 Å². The number of cyclic esters (lactones) is 1. The van der Waals surface area contributed by atoms with Crippen LogP contribution in [0.3, 0.4) is 0 Å². The summed E-state index contributed by atoms with van der Waals surface area (Å²) >= 11 is 0. The van der Waals surface area contributed by atoms with Gasteiger partial charge in [0.1, 0.15) is 6.61 Å². The van der Waals surface area contributed by atoms with Crippen molar-refractivity contribution in [1.29, 1.82) is 0 Å². The SMILES string of the molecule is Cc1ccc(/C=C/c2c(C/C=C/N3CCOC3=O)c3ccccc3n2C)cc1. The number of para-hydroxylation sites is 1. The van der Waals surface area contributed by atoms with Crippen LogP contribution < -0.4 is 0 Å². The number of hydrogen-bond acceptors (Lipinski definition) is 2. The molecule has 1 aliphatic rings. The number of carbonyl (C=O) groups excluding carboxylic acids is 1. The highest BCUT2D eigenvalue weighted by Crippen LogP contribution is 2.28. The quantitative estimate of drug-likeness (QED) is 0.619. The second kappa shape index (κ2) is 7.77. The maximum Gasteiger partial charge on any atom is 0.413 e. The zero-order valence-corrected chi connectivity index (χ0v) is 16.3. The summed E-state index contributed by atoms with van der Waals surface area (Å²) in [6.07, 6.45) is 8.69. The molecule has 0 aliphatic carbocycles. The van der Waals surface area contributed by atoms with E-state index in [1.807, 2.05) is 12.3 Å². The normalized spacial score (nSPS) is 14.6. The van der Waals surface area contributed by atoms with E-state index in [0.29, 0.717) is 13.2 Å². The highest BCUT2D eigenvalue weighted by Gasteiger charge is 2.19. The van der Waals surface area contributed by atoms with Crippen LogP contribution in [0.4, 0.5) is 4.79 Å². The Balaban J connectivity index is 1.67. The van der Waals surface area contributed by atoms with Crippen LogP contribution in [0.5, 0.6) is 0 Å². The van der Waals surface area contributed by atoms with Gasteiger partial charge in [-0.1, -0.05) is 60.2 Å². The van der Waals surface area contributed by atoms with Crippen LogP contribution in [0, 0.1) is 6.92 Å². The zero-order valence-electron chi connectivity index (χ0n) is 16.3. The molecule has 4 rings (SSSR count). The number of fused-ring (bicyclic) bond motifs is 1. The number of amides is 1. The molecule has 1 aliphatic heterocycles. The number of aromatic nitrogens is 1. The lowest BCUT2D eigenvalue weighted by molar-refractivity contribution is 0.166. The van der Waals surface area contributed by atoms with Gasteiger partial charge in [0.15, 0.2) is 0 Å². The zero-order chi connectivity index (χ0) is 19.5. The van der Waals surface area contributed by atoms with E-state index in [1.54, 1.807) is 4.90 Å². The Morgan fingerprint density at radius 1 is 1.07 bits per heavy atom. The third-order valence-corrected chi connectivity index (χ3v) is 5.17. The predicted molar refractivity (Wildman–Crippen MR) is 114 cm³/mol. The van der Waals surface area contributed by atoms with Crippen LogP contribution in [0.1, 0.15) is 22.4 Å². The van der Waals surface area contributed by atoms with Crippen molar-refractivity contribution in [3.05, 3.63) is 83.2 Å². The Labute approximate surface area is 165 Å². The fraction of sp³-hybridized carbons (Fsp3) is 0.208. The second-order valence-corrected chi connectivity index (χ2v) is 7.08. The summed E-state index contributed by atoms with van der Waals surface area (Å²) in [5, 5.41) is 1.24. The molecule has 2 heterocycles. The topological polar surface area (TPSA) is 34.5 Å². The molecule has 0 atom stereocenters. The van der Waals surface area contributed by atoms with Gasteiger partial charge in [0.25, 0.3) is 0 Å². The Kier molecular flexibility index (Phi) is 5.02. The minimum absolute atomic E-state index is 0.270. The van der Waals surface area contributed by atoms with E-state index < -0.39 is 0 Å². The highest BCUT2D eigenvalue weighted by atomic mass is 16.6. The van der Waals surface area contributed by atoms with Crippen molar-refractivity contribution in [2.24, 2.45) is 7.05 Å². The fourth-order valence-electron chi connectivity index (χ4n) is 3.61. The lowest BCUT2D eigenvalue weighted by Gasteiger charge is -2.05. The van der Waals surface area contributed by atoms with Crippen molar-refractivity contribution in [2.75, 3.05) is 13.2 Å². The van der Waals surface area contributed by atoms with E-state index in [2.05, 4.69) is 79.2 Å². The molecule has 28 heavy (non-hydrogen) atoms. The van der Waals surface area contributed by atoms with Crippen molar-refractivity contribution in [2.45, 2.75) is 13.3 Å². The molecular formula is C24H24N2O2. The Morgan fingerprint density at radius 2 is 1.86 bits per heavy atom. The number of benzene rings is 2. The maximum atomic E-state index is 11.6. The Morgan fingerprint density at radius 3 is 2.61 bits per heavy atom. The fourth-order valence-corrected chi connectivity index (χ4v) is 3.61. The second-order valence-electron chi connectivity index (χ2n) is 7.08. The molecule has 2 aromatic carbocycles. The van der Waals surface area contributed by atoms with Gasteiger partial charge < -0.3 is 9.30 Å². The number of rotatable bonds is 5. The summed E-state index contributed by atoms with van der Waals surface area (Å²) in [6.45, 7) is 3.17. The molecule has 0 spiro atoms. The van der Waals surface area contributed by atoms with Crippen molar-refractivity contribution in [3.8, 4) is 0 Å². The minimum Gasteiger partial charge on any atom is -0.447 e. The number of hydrogen-bond donors (Lipinski definition) is 0. The van der Waals surface area contributed by atoms with Crippen LogP contribution >= 0.6 is 0 Å². The summed E-state index contributed by atoms with van der Waals surface area (Å²) in [5.41, 5.74) is 6.07. The molecule has 3 aromatic rings. The summed E-state index contributed by atoms with van der Waals surface area (Å²) in [5.74, 6) is 0. The molecule has 0 bridgehead atoms. The number of carbonyl (C=O) groups is 1. The van der Waals surface area contributed by atoms with Gasteiger partial charge in [-0.3, -0.25) is 4.90 Å². The van der Waals surface area contributed by atoms with Crippen molar-refractivity contribution in [3.63, 3.8) is 0 Å². The van der Waals surface area contributed by atoms with E-state index in [0.717, 1.165) is 6.42 Å². The molecule has 0 N–H and O–H groups in total. The summed E-state index contributed by atoms with van der Waals surface area (Å²) in [6, 6.07) is 17.0. The van der Waals surface area contributed by atoms with Gasteiger partial charge in [0.2, 0.25) is 0 Å². The average Bonchev–Trinajstić information content (AvgIpc) is 3.23. The molecule has 1 amide bonds. The van der Waals surface area contributed by atoms with Crippen LogP contribution in [0.15, 0.2) is 60.8 Å². The number of allylic oxidation sites excluding steroid dienone is 1. The standard InChI is InChI=1S/C24H24N2O2/c1-18-9-11-19(12-10-18)13-14-23-21(7-5-15-26-16-17-28-24(26)27)20-6-3-4-8-22(20)25(23)2/h3-6,8-15H,7,16-17H2,1-2H3/b14-13+,15-5+. The molecule has 0 saturated carbocycles. The molecule has 1 saturated heterocycles. The van der Waals surface area contributed by atoms with Crippen molar-refractivity contribution < 1.29 is 9.53 Å². The van der Waals surface area contributed by atoms with E-state index in [1.165, 1.54) is 33.3 Å². The smallest absolute Gasteiger partial charge is 0.413 e. The molecule has 4 nitrogen and oxygen atoms in total. The van der Waals surface area contributed by atoms with Gasteiger partial charge in [-0.05, 0) is 36.6 Å². The van der Waals surface area contributed by atoms with Gasteiger partial charge in [-0.15, -0.1) is 0 Å². The third kappa shape index (κ3) is 3.58. The molecular weight excluding hydrogens is 348 g/mol. The minimum atomic E-state index is -0.270. The van der Waals surface area contributed by atoms with Gasteiger partial charge in [0.05, 0.1) is 6.54 Å². The molecule has 142 valence electrons. The van der Waals surface area contributed by atoms with E-state index in [-0.39, 0.29) is 6.09 Å². The van der Waals surface area contributed by atoms with Gasteiger partial charge in [0, 0.05) is 29.8 Å². The van der Waals surface area contributed by atoms with Gasteiger partial charge in [-0.25, -0.2) is 4.79 Å². The first kappa shape index (κ1) is 18.1. The monoisotopic (exact) mass is 372 g/mol. The summed E-state index contributed by atoms with van der Waals surface area (Å²) in [7, 11) is 2.10. The van der Waals surface area contributed by atoms with Gasteiger partial charge in [-0.2, -0.15) is 0 Å². The van der Waals surface area contributed by atoms with Gasteiger partial charge >= 0.3 is 6.09 Å². The van der Waals surface area contributed by atoms with E-state index in [9.17, 15) is 4.79 Å². The molecule has 1 fully saturated rings. The molecule has 1 aromatic heterocycles. The summed E-state index contributed by atoms with van der Waals surface area (Å²) in [4.78, 5) is 13.2. The maximum absolute atomic E-state index is 11.6.